The summed E-state index contributed by atoms with van der Waals surface area (Å²) in [6, 6.07) is 16.6. The first-order valence-electron chi connectivity index (χ1n) is 9.48. The number of anilines is 1. The summed E-state index contributed by atoms with van der Waals surface area (Å²) in [4.78, 5) is 30.9. The average molecular weight is 381 g/mol. The van der Waals surface area contributed by atoms with E-state index in [1.807, 2.05) is 49.4 Å². The van der Waals surface area contributed by atoms with Crippen molar-refractivity contribution in [3.8, 4) is 0 Å². The fraction of sp³-hybridized carbons (Fsp3) is 0.364. The van der Waals surface area contributed by atoms with Crippen molar-refractivity contribution >= 4 is 17.6 Å². The second kappa shape index (κ2) is 7.28. The maximum atomic E-state index is 12.9. The van der Waals surface area contributed by atoms with E-state index in [4.69, 9.17) is 14.3 Å². The smallest absolute Gasteiger partial charge is 0.337 e. The Labute approximate surface area is 164 Å². The van der Waals surface area contributed by atoms with Gasteiger partial charge in [-0.3, -0.25) is 9.63 Å². The number of hydroxylamine groups is 1. The van der Waals surface area contributed by atoms with Crippen LogP contribution in [0.25, 0.3) is 0 Å². The SMILES string of the molecule is CCOC(=O)C1C(c2ccccc2)N(c2ccc(C(=O)OC)cc2)OC12CC2. The number of ether oxygens (including phenoxy) is 2. The van der Waals surface area contributed by atoms with Crippen molar-refractivity contribution in [3.63, 3.8) is 0 Å². The monoisotopic (exact) mass is 381 g/mol. The highest BCUT2D eigenvalue weighted by atomic mass is 16.7. The summed E-state index contributed by atoms with van der Waals surface area (Å²) in [6.07, 6.45) is 1.63. The number of carbonyl (C=O) groups excluding carboxylic acids is 2. The average Bonchev–Trinajstić information content (AvgIpc) is 3.41. The zero-order valence-electron chi connectivity index (χ0n) is 16.0. The van der Waals surface area contributed by atoms with E-state index in [1.54, 1.807) is 17.2 Å². The minimum absolute atomic E-state index is 0.234. The maximum Gasteiger partial charge on any atom is 0.337 e. The van der Waals surface area contributed by atoms with Gasteiger partial charge in [-0.25, -0.2) is 9.86 Å². The first-order chi connectivity index (χ1) is 13.6. The van der Waals surface area contributed by atoms with Gasteiger partial charge in [-0.2, -0.15) is 0 Å². The molecule has 1 heterocycles. The van der Waals surface area contributed by atoms with Crippen molar-refractivity contribution in [2.24, 2.45) is 5.92 Å². The third kappa shape index (κ3) is 3.14. The zero-order chi connectivity index (χ0) is 19.7. The maximum absolute atomic E-state index is 12.9. The van der Waals surface area contributed by atoms with Gasteiger partial charge in [0.05, 0.1) is 31.0 Å². The van der Waals surface area contributed by atoms with E-state index in [9.17, 15) is 9.59 Å². The lowest BCUT2D eigenvalue weighted by atomic mass is 9.87. The van der Waals surface area contributed by atoms with Crippen LogP contribution < -0.4 is 5.06 Å². The zero-order valence-corrected chi connectivity index (χ0v) is 16.0. The minimum Gasteiger partial charge on any atom is -0.466 e. The van der Waals surface area contributed by atoms with Crippen LogP contribution in [-0.4, -0.2) is 31.3 Å². The summed E-state index contributed by atoms with van der Waals surface area (Å²) in [6.45, 7) is 2.15. The molecule has 2 aliphatic rings. The predicted octanol–water partition coefficient (Wildman–Crippen LogP) is 3.68. The largest absolute Gasteiger partial charge is 0.466 e. The quantitative estimate of drug-likeness (QED) is 0.736. The molecular weight excluding hydrogens is 358 g/mol. The summed E-state index contributed by atoms with van der Waals surface area (Å²) in [5, 5.41) is 1.80. The van der Waals surface area contributed by atoms with Gasteiger partial charge in [0.1, 0.15) is 11.5 Å². The van der Waals surface area contributed by atoms with Crippen LogP contribution in [0.5, 0.6) is 0 Å². The van der Waals surface area contributed by atoms with Crippen LogP contribution in [0.1, 0.15) is 41.7 Å². The fourth-order valence-corrected chi connectivity index (χ4v) is 3.89. The Kier molecular flexibility index (Phi) is 4.81. The molecule has 1 saturated carbocycles. The van der Waals surface area contributed by atoms with E-state index in [-0.39, 0.29) is 12.0 Å². The summed E-state index contributed by atoms with van der Waals surface area (Å²) >= 11 is 0. The highest BCUT2D eigenvalue weighted by Crippen LogP contribution is 2.59. The Morgan fingerprint density at radius 3 is 2.36 bits per heavy atom. The number of hydrogen-bond donors (Lipinski definition) is 0. The van der Waals surface area contributed by atoms with E-state index in [0.717, 1.165) is 24.1 Å². The number of methoxy groups -OCH3 is 1. The predicted molar refractivity (Wildman–Crippen MR) is 103 cm³/mol. The molecule has 0 radical (unpaired) electrons. The molecule has 0 N–H and O–H groups in total. The van der Waals surface area contributed by atoms with E-state index in [1.165, 1.54) is 7.11 Å². The molecule has 6 heteroatoms. The van der Waals surface area contributed by atoms with Crippen LogP contribution in [0.2, 0.25) is 0 Å². The van der Waals surface area contributed by atoms with Gasteiger partial charge in [0.2, 0.25) is 0 Å². The van der Waals surface area contributed by atoms with Crippen LogP contribution >= 0.6 is 0 Å². The molecule has 1 saturated heterocycles. The standard InChI is InChI=1S/C22H23NO5/c1-3-27-21(25)18-19(15-7-5-4-6-8-15)23(28-22(18)13-14-22)17-11-9-16(10-12-17)20(24)26-2/h4-12,18-19H,3,13-14H2,1-2H3. The highest BCUT2D eigenvalue weighted by molar-refractivity contribution is 5.89. The van der Waals surface area contributed by atoms with Crippen LogP contribution in [0.3, 0.4) is 0 Å². The molecule has 2 aromatic rings. The van der Waals surface area contributed by atoms with Gasteiger partial charge in [-0.1, -0.05) is 30.3 Å². The van der Waals surface area contributed by atoms with Crippen molar-refractivity contribution in [1.29, 1.82) is 0 Å². The molecule has 6 nitrogen and oxygen atoms in total. The lowest BCUT2D eigenvalue weighted by molar-refractivity contribution is -0.151. The Bertz CT molecular complexity index is 860. The molecule has 4 rings (SSSR count). The van der Waals surface area contributed by atoms with Crippen LogP contribution in [-0.2, 0) is 19.1 Å². The van der Waals surface area contributed by atoms with E-state index in [0.29, 0.717) is 12.2 Å². The van der Waals surface area contributed by atoms with Crippen molar-refractivity contribution in [2.75, 3.05) is 18.8 Å². The van der Waals surface area contributed by atoms with Gasteiger partial charge in [0, 0.05) is 0 Å². The number of hydrogen-bond acceptors (Lipinski definition) is 6. The van der Waals surface area contributed by atoms with Gasteiger partial charge in [0.25, 0.3) is 0 Å². The van der Waals surface area contributed by atoms with E-state index < -0.39 is 17.5 Å². The molecule has 2 unspecified atom stereocenters. The van der Waals surface area contributed by atoms with Crippen LogP contribution in [0.15, 0.2) is 54.6 Å². The van der Waals surface area contributed by atoms with Gasteiger partial charge in [-0.05, 0) is 49.6 Å². The molecule has 0 aromatic heterocycles. The first-order valence-corrected chi connectivity index (χ1v) is 9.48. The Morgan fingerprint density at radius 2 is 1.79 bits per heavy atom. The van der Waals surface area contributed by atoms with Gasteiger partial charge < -0.3 is 9.47 Å². The van der Waals surface area contributed by atoms with E-state index >= 15 is 0 Å². The molecule has 1 spiro atoms. The van der Waals surface area contributed by atoms with Crippen molar-refractivity contribution < 1.29 is 23.9 Å². The summed E-state index contributed by atoms with van der Waals surface area (Å²) in [5.41, 5.74) is 1.71. The second-order valence-corrected chi connectivity index (χ2v) is 7.11. The fourth-order valence-electron chi connectivity index (χ4n) is 3.89. The van der Waals surface area contributed by atoms with Gasteiger partial charge in [0.15, 0.2) is 0 Å². The van der Waals surface area contributed by atoms with Crippen molar-refractivity contribution in [2.45, 2.75) is 31.4 Å². The molecule has 146 valence electrons. The molecule has 2 aromatic carbocycles. The molecule has 2 atom stereocenters. The third-order valence-corrected chi connectivity index (χ3v) is 5.38. The number of nitrogens with zero attached hydrogens (tertiary/aromatic N) is 1. The number of esters is 2. The van der Waals surface area contributed by atoms with Crippen molar-refractivity contribution in [1.82, 2.24) is 0 Å². The Morgan fingerprint density at radius 1 is 1.11 bits per heavy atom. The first kappa shape index (κ1) is 18.5. The summed E-state index contributed by atoms with van der Waals surface area (Å²) in [5.74, 6) is -1.03. The lowest BCUT2D eigenvalue weighted by Gasteiger charge is -2.27. The molecule has 2 fully saturated rings. The summed E-state index contributed by atoms with van der Waals surface area (Å²) in [7, 11) is 1.35. The van der Waals surface area contributed by atoms with Gasteiger partial charge >= 0.3 is 11.9 Å². The molecule has 28 heavy (non-hydrogen) atoms. The molecule has 0 bridgehead atoms. The van der Waals surface area contributed by atoms with Crippen LogP contribution in [0.4, 0.5) is 5.69 Å². The molecule has 1 aliphatic heterocycles. The topological polar surface area (TPSA) is 65.1 Å². The highest BCUT2D eigenvalue weighted by Gasteiger charge is 2.65. The van der Waals surface area contributed by atoms with Gasteiger partial charge in [-0.15, -0.1) is 0 Å². The number of rotatable bonds is 5. The molecule has 1 aliphatic carbocycles. The Hall–Kier alpha value is -2.86. The second-order valence-electron chi connectivity index (χ2n) is 7.11. The Balaban J connectivity index is 1.73. The molecule has 0 amide bonds. The van der Waals surface area contributed by atoms with E-state index in [2.05, 4.69) is 0 Å². The number of carbonyl (C=O) groups is 2. The minimum atomic E-state index is -0.520. The lowest BCUT2D eigenvalue weighted by Crippen LogP contribution is -2.32. The van der Waals surface area contributed by atoms with Crippen LogP contribution in [0, 0.1) is 5.92 Å². The van der Waals surface area contributed by atoms with Crippen molar-refractivity contribution in [3.05, 3.63) is 65.7 Å². The number of benzene rings is 2. The molecular formula is C22H23NO5. The third-order valence-electron chi connectivity index (χ3n) is 5.38. The summed E-state index contributed by atoms with van der Waals surface area (Å²) < 4.78 is 10.2. The normalized spacial score (nSPS) is 22.1.